The van der Waals surface area contributed by atoms with E-state index in [4.69, 9.17) is 21.4 Å². The first-order valence-electron chi connectivity index (χ1n) is 11.0. The molecule has 4 aromatic rings. The molecule has 7 heteroatoms. The highest BCUT2D eigenvalue weighted by molar-refractivity contribution is 6.33. The Balaban J connectivity index is 1.79. The predicted octanol–water partition coefficient (Wildman–Crippen LogP) is 6.72. The minimum absolute atomic E-state index is 0.119. The van der Waals surface area contributed by atoms with Gasteiger partial charge in [0.1, 0.15) is 17.3 Å². The van der Waals surface area contributed by atoms with Crippen LogP contribution in [0.3, 0.4) is 0 Å². The summed E-state index contributed by atoms with van der Waals surface area (Å²) in [6.45, 7) is 4.15. The van der Waals surface area contributed by atoms with Gasteiger partial charge in [-0.2, -0.15) is 5.10 Å². The quantitative estimate of drug-likeness (QED) is 0.297. The molecule has 0 radical (unpaired) electrons. The molecule has 1 amide bonds. The number of halogens is 2. The Morgan fingerprint density at radius 3 is 2.32 bits per heavy atom. The van der Waals surface area contributed by atoms with Crippen molar-refractivity contribution in [3.05, 3.63) is 101 Å². The highest BCUT2D eigenvalue weighted by Crippen LogP contribution is 2.35. The molecule has 0 spiro atoms. The molecule has 0 saturated carbocycles. The predicted molar refractivity (Wildman–Crippen MR) is 132 cm³/mol. The van der Waals surface area contributed by atoms with E-state index in [2.05, 4.69) is 0 Å². The Labute approximate surface area is 203 Å². The highest BCUT2D eigenvalue weighted by Gasteiger charge is 2.27. The van der Waals surface area contributed by atoms with E-state index < -0.39 is 0 Å². The maximum Gasteiger partial charge on any atom is 0.255 e. The fourth-order valence-electron chi connectivity index (χ4n) is 3.71. The number of hydrogen-bond acceptors (Lipinski definition) is 3. The Bertz CT molecular complexity index is 1290. The molecule has 0 N–H and O–H groups in total. The van der Waals surface area contributed by atoms with Gasteiger partial charge in [0.15, 0.2) is 0 Å². The fraction of sp³-hybridized carbons (Fsp3) is 0.185. The first kappa shape index (κ1) is 23.5. The van der Waals surface area contributed by atoms with Crippen molar-refractivity contribution in [1.29, 1.82) is 0 Å². The second kappa shape index (κ2) is 10.1. The zero-order valence-corrected chi connectivity index (χ0v) is 20.0. The lowest BCUT2D eigenvalue weighted by Crippen LogP contribution is -2.36. The fourth-order valence-corrected chi connectivity index (χ4v) is 3.93. The summed E-state index contributed by atoms with van der Waals surface area (Å²) in [5.41, 5.74) is 2.78. The normalized spacial score (nSPS) is 11.0. The van der Waals surface area contributed by atoms with E-state index in [0.29, 0.717) is 27.9 Å². The molecule has 0 bridgehead atoms. The standard InChI is InChI=1S/C27H25ClFN3O2/c1-18(2)32(26(33)22-11-7-8-12-24(22)28)17-23-25(19-9-5-4-6-10-19)30-31(3)27(23)34-21-15-13-20(29)14-16-21/h4-16,18H,17H2,1-3H3. The van der Waals surface area contributed by atoms with Gasteiger partial charge >= 0.3 is 0 Å². The Kier molecular flexibility index (Phi) is 6.98. The zero-order chi connectivity index (χ0) is 24.2. The van der Waals surface area contributed by atoms with Crippen LogP contribution in [0, 0.1) is 5.82 Å². The van der Waals surface area contributed by atoms with E-state index in [-0.39, 0.29) is 24.3 Å². The third-order valence-corrected chi connectivity index (χ3v) is 5.81. The van der Waals surface area contributed by atoms with Gasteiger partial charge in [0.25, 0.3) is 5.91 Å². The number of nitrogens with zero attached hydrogens (tertiary/aromatic N) is 3. The molecule has 174 valence electrons. The number of aryl methyl sites for hydroxylation is 1. The average molecular weight is 478 g/mol. The highest BCUT2D eigenvalue weighted by atomic mass is 35.5. The van der Waals surface area contributed by atoms with Crippen LogP contribution in [0.5, 0.6) is 11.6 Å². The molecule has 0 fully saturated rings. The van der Waals surface area contributed by atoms with Gasteiger partial charge in [-0.05, 0) is 50.2 Å². The van der Waals surface area contributed by atoms with E-state index in [9.17, 15) is 9.18 Å². The molecule has 0 aliphatic rings. The van der Waals surface area contributed by atoms with Crippen LogP contribution >= 0.6 is 11.6 Å². The summed E-state index contributed by atoms with van der Waals surface area (Å²) in [5, 5.41) is 5.11. The number of hydrogen-bond donors (Lipinski definition) is 0. The van der Waals surface area contributed by atoms with Gasteiger partial charge in [0.2, 0.25) is 5.88 Å². The van der Waals surface area contributed by atoms with Crippen molar-refractivity contribution < 1.29 is 13.9 Å². The molecule has 0 saturated heterocycles. The lowest BCUT2D eigenvalue weighted by Gasteiger charge is -2.27. The van der Waals surface area contributed by atoms with E-state index in [1.165, 1.54) is 12.1 Å². The second-order valence-corrected chi connectivity index (χ2v) is 8.59. The zero-order valence-electron chi connectivity index (χ0n) is 19.2. The lowest BCUT2D eigenvalue weighted by molar-refractivity contribution is 0.0689. The molecule has 4 rings (SSSR count). The number of amides is 1. The third-order valence-electron chi connectivity index (χ3n) is 5.48. The molecule has 1 aromatic heterocycles. The summed E-state index contributed by atoms with van der Waals surface area (Å²) in [6, 6.07) is 22.4. The smallest absolute Gasteiger partial charge is 0.255 e. The van der Waals surface area contributed by atoms with Crippen LogP contribution in [-0.4, -0.2) is 26.6 Å². The molecular formula is C27H25ClFN3O2. The number of rotatable bonds is 7. The Hall–Kier alpha value is -3.64. The first-order valence-corrected chi connectivity index (χ1v) is 11.3. The maximum absolute atomic E-state index is 13.5. The number of benzene rings is 3. The first-order chi connectivity index (χ1) is 16.3. The van der Waals surface area contributed by atoms with Crippen molar-refractivity contribution in [2.45, 2.75) is 26.4 Å². The lowest BCUT2D eigenvalue weighted by atomic mass is 10.1. The molecule has 0 aliphatic carbocycles. The van der Waals surface area contributed by atoms with Gasteiger partial charge in [-0.25, -0.2) is 9.07 Å². The molecule has 3 aromatic carbocycles. The molecule has 0 aliphatic heterocycles. The van der Waals surface area contributed by atoms with Gasteiger partial charge in [-0.1, -0.05) is 54.1 Å². The average Bonchev–Trinajstić information content (AvgIpc) is 3.14. The minimum Gasteiger partial charge on any atom is -0.439 e. The van der Waals surface area contributed by atoms with Crippen molar-refractivity contribution in [2.75, 3.05) is 0 Å². The van der Waals surface area contributed by atoms with Crippen LogP contribution < -0.4 is 4.74 Å². The Morgan fingerprint density at radius 1 is 1.03 bits per heavy atom. The largest absolute Gasteiger partial charge is 0.439 e. The number of carbonyl (C=O) groups is 1. The third kappa shape index (κ3) is 4.97. The number of carbonyl (C=O) groups excluding carboxylic acids is 1. The maximum atomic E-state index is 13.5. The molecular weight excluding hydrogens is 453 g/mol. The second-order valence-electron chi connectivity index (χ2n) is 8.18. The van der Waals surface area contributed by atoms with Gasteiger partial charge in [0, 0.05) is 18.7 Å². The van der Waals surface area contributed by atoms with Crippen LogP contribution in [0.15, 0.2) is 78.9 Å². The number of aromatic nitrogens is 2. The summed E-state index contributed by atoms with van der Waals surface area (Å²) in [4.78, 5) is 15.2. The number of ether oxygens (including phenoxy) is 1. The summed E-state index contributed by atoms with van der Waals surface area (Å²) >= 11 is 6.33. The van der Waals surface area contributed by atoms with Crippen LogP contribution in [0.2, 0.25) is 5.02 Å². The molecule has 0 atom stereocenters. The molecule has 34 heavy (non-hydrogen) atoms. The van der Waals surface area contributed by atoms with Crippen molar-refractivity contribution in [1.82, 2.24) is 14.7 Å². The van der Waals surface area contributed by atoms with E-state index in [1.54, 1.807) is 53.0 Å². The van der Waals surface area contributed by atoms with Crippen molar-refractivity contribution >= 4 is 17.5 Å². The summed E-state index contributed by atoms with van der Waals surface area (Å²) in [5.74, 6) is 0.414. The molecule has 5 nitrogen and oxygen atoms in total. The minimum atomic E-state index is -0.348. The van der Waals surface area contributed by atoms with Crippen LogP contribution in [0.4, 0.5) is 4.39 Å². The van der Waals surface area contributed by atoms with Crippen LogP contribution in [0.1, 0.15) is 29.8 Å². The Morgan fingerprint density at radius 2 is 1.68 bits per heavy atom. The van der Waals surface area contributed by atoms with Crippen molar-refractivity contribution in [3.63, 3.8) is 0 Å². The summed E-state index contributed by atoms with van der Waals surface area (Å²) < 4.78 is 21.2. The van der Waals surface area contributed by atoms with Crippen molar-refractivity contribution in [3.8, 4) is 22.9 Å². The molecule has 0 unspecified atom stereocenters. The van der Waals surface area contributed by atoms with Crippen LogP contribution in [0.25, 0.3) is 11.3 Å². The van der Waals surface area contributed by atoms with E-state index >= 15 is 0 Å². The molecule has 1 heterocycles. The van der Waals surface area contributed by atoms with Crippen molar-refractivity contribution in [2.24, 2.45) is 7.05 Å². The van der Waals surface area contributed by atoms with E-state index in [1.807, 2.05) is 44.2 Å². The van der Waals surface area contributed by atoms with E-state index in [0.717, 1.165) is 11.1 Å². The SMILES string of the molecule is CC(C)N(Cc1c(-c2ccccc2)nn(C)c1Oc1ccc(F)cc1)C(=O)c1ccccc1Cl. The van der Waals surface area contributed by atoms with Gasteiger partial charge in [-0.3, -0.25) is 4.79 Å². The topological polar surface area (TPSA) is 47.4 Å². The van der Waals surface area contributed by atoms with Gasteiger partial charge < -0.3 is 9.64 Å². The summed E-state index contributed by atoms with van der Waals surface area (Å²) in [7, 11) is 1.78. The van der Waals surface area contributed by atoms with Gasteiger partial charge in [0.05, 0.1) is 22.7 Å². The summed E-state index contributed by atoms with van der Waals surface area (Å²) in [6.07, 6.45) is 0. The van der Waals surface area contributed by atoms with Crippen LogP contribution in [-0.2, 0) is 13.6 Å². The van der Waals surface area contributed by atoms with Gasteiger partial charge in [-0.15, -0.1) is 0 Å². The monoisotopic (exact) mass is 477 g/mol.